The first-order valence-corrected chi connectivity index (χ1v) is 10.0. The number of aromatic carboxylic acids is 1. The van der Waals surface area contributed by atoms with Crippen molar-refractivity contribution in [3.05, 3.63) is 45.7 Å². The second-order valence-corrected chi connectivity index (χ2v) is 8.94. The summed E-state index contributed by atoms with van der Waals surface area (Å²) in [4.78, 5) is 23.9. The maximum atomic E-state index is 12.4. The van der Waals surface area contributed by atoms with Crippen molar-refractivity contribution in [2.45, 2.75) is 40.2 Å². The third-order valence-corrected chi connectivity index (χ3v) is 5.58. The van der Waals surface area contributed by atoms with E-state index >= 15 is 0 Å². The van der Waals surface area contributed by atoms with E-state index in [4.69, 9.17) is 9.47 Å². The van der Waals surface area contributed by atoms with Crippen LogP contribution in [-0.4, -0.2) is 41.1 Å². The van der Waals surface area contributed by atoms with Gasteiger partial charge < -0.3 is 24.3 Å². The van der Waals surface area contributed by atoms with Crippen molar-refractivity contribution >= 4 is 5.97 Å². The van der Waals surface area contributed by atoms with E-state index < -0.39 is 16.8 Å². The average Bonchev–Trinajstić information content (AvgIpc) is 2.70. The lowest BCUT2D eigenvalue weighted by molar-refractivity contribution is 0.0694. The minimum absolute atomic E-state index is 0.00123. The van der Waals surface area contributed by atoms with Gasteiger partial charge in [-0.05, 0) is 30.0 Å². The number of aliphatic hydroxyl groups is 1. The van der Waals surface area contributed by atoms with Gasteiger partial charge in [0.05, 0.1) is 26.0 Å². The highest BCUT2D eigenvalue weighted by Crippen LogP contribution is 2.43. The molecule has 0 amide bonds. The number of rotatable bonds is 7. The van der Waals surface area contributed by atoms with E-state index in [1.807, 2.05) is 30.5 Å². The van der Waals surface area contributed by atoms with Crippen molar-refractivity contribution in [3.8, 4) is 22.8 Å². The number of aromatic nitrogens is 1. The van der Waals surface area contributed by atoms with Crippen LogP contribution in [0.4, 0.5) is 0 Å². The van der Waals surface area contributed by atoms with Crippen LogP contribution in [0.1, 0.15) is 49.7 Å². The Balaban J connectivity index is 2.15. The predicted octanol–water partition coefficient (Wildman–Crippen LogP) is 3.37. The Morgan fingerprint density at radius 3 is 2.53 bits per heavy atom. The molecule has 0 aliphatic carbocycles. The zero-order valence-electron chi connectivity index (χ0n) is 18.1. The van der Waals surface area contributed by atoms with Crippen molar-refractivity contribution in [1.82, 2.24) is 4.57 Å². The fraction of sp³-hybridized carbons (Fsp3) is 0.478. The summed E-state index contributed by atoms with van der Waals surface area (Å²) in [5.74, 6) is 0.0994. The normalized spacial score (nSPS) is 15.5. The first-order valence-electron chi connectivity index (χ1n) is 10.0. The Labute approximate surface area is 175 Å². The highest BCUT2D eigenvalue weighted by molar-refractivity contribution is 5.87. The standard InChI is InChI=1S/C23H29NO6/c1-13(2)17-6-14-7-21(30-12-23(3,4)11-25)20(29-5)8-15(14)18-9-19(26)16(22(27)28)10-24(17)18/h7-10,13,17,25H,6,11-12H2,1-5H3,(H,27,28)/t17-/m0/s1. The lowest BCUT2D eigenvalue weighted by Crippen LogP contribution is -2.28. The predicted molar refractivity (Wildman–Crippen MR) is 114 cm³/mol. The maximum Gasteiger partial charge on any atom is 0.341 e. The van der Waals surface area contributed by atoms with Crippen molar-refractivity contribution in [1.29, 1.82) is 0 Å². The van der Waals surface area contributed by atoms with Gasteiger partial charge in [-0.2, -0.15) is 0 Å². The summed E-state index contributed by atoms with van der Waals surface area (Å²) in [6.07, 6.45) is 2.12. The maximum absolute atomic E-state index is 12.4. The summed E-state index contributed by atoms with van der Waals surface area (Å²) in [5.41, 5.74) is 1.36. The molecule has 2 aromatic rings. The van der Waals surface area contributed by atoms with E-state index in [0.29, 0.717) is 30.2 Å². The van der Waals surface area contributed by atoms with E-state index in [-0.39, 0.29) is 24.1 Å². The molecule has 1 aromatic heterocycles. The third-order valence-electron chi connectivity index (χ3n) is 5.58. The molecule has 0 saturated heterocycles. The molecule has 0 bridgehead atoms. The van der Waals surface area contributed by atoms with Crippen LogP contribution in [0.2, 0.25) is 0 Å². The van der Waals surface area contributed by atoms with Crippen molar-refractivity contribution in [2.75, 3.05) is 20.3 Å². The molecule has 3 rings (SSSR count). The van der Waals surface area contributed by atoms with Gasteiger partial charge in [0, 0.05) is 29.3 Å². The lowest BCUT2D eigenvalue weighted by Gasteiger charge is -2.34. The van der Waals surface area contributed by atoms with Crippen molar-refractivity contribution < 1.29 is 24.5 Å². The van der Waals surface area contributed by atoms with Crippen LogP contribution >= 0.6 is 0 Å². The topological polar surface area (TPSA) is 98.0 Å². The van der Waals surface area contributed by atoms with Gasteiger partial charge >= 0.3 is 5.97 Å². The van der Waals surface area contributed by atoms with Crippen LogP contribution in [0, 0.1) is 11.3 Å². The number of carboxylic acid groups (broad SMARTS) is 1. The number of methoxy groups -OCH3 is 1. The largest absolute Gasteiger partial charge is 0.493 e. The van der Waals surface area contributed by atoms with Gasteiger partial charge in [0.2, 0.25) is 0 Å². The first-order chi connectivity index (χ1) is 14.1. The smallest absolute Gasteiger partial charge is 0.341 e. The Bertz CT molecular complexity index is 1020. The SMILES string of the molecule is COc1cc2c(cc1OCC(C)(C)CO)C[C@@H](C(C)C)n1cc(C(=O)O)c(=O)cc1-2. The van der Waals surface area contributed by atoms with E-state index in [1.54, 1.807) is 7.11 Å². The van der Waals surface area contributed by atoms with E-state index in [2.05, 4.69) is 13.8 Å². The van der Waals surface area contributed by atoms with Gasteiger partial charge in [-0.1, -0.05) is 27.7 Å². The zero-order valence-corrected chi connectivity index (χ0v) is 18.1. The first kappa shape index (κ1) is 21.9. The number of hydrogen-bond acceptors (Lipinski definition) is 5. The lowest BCUT2D eigenvalue weighted by atomic mass is 9.87. The van der Waals surface area contributed by atoms with Crippen LogP contribution in [0.5, 0.6) is 11.5 Å². The second kappa shape index (κ2) is 8.14. The Hall–Kier alpha value is -2.80. The van der Waals surface area contributed by atoms with E-state index in [1.165, 1.54) is 12.3 Å². The number of hydrogen-bond donors (Lipinski definition) is 2. The molecule has 7 heteroatoms. The molecule has 162 valence electrons. The molecule has 0 unspecified atom stereocenters. The van der Waals surface area contributed by atoms with Crippen LogP contribution in [0.15, 0.2) is 29.2 Å². The number of aliphatic hydroxyl groups excluding tert-OH is 1. The van der Waals surface area contributed by atoms with Gasteiger partial charge in [0.1, 0.15) is 5.56 Å². The molecule has 0 radical (unpaired) electrons. The van der Waals surface area contributed by atoms with Crippen molar-refractivity contribution in [2.24, 2.45) is 11.3 Å². The summed E-state index contributed by atoms with van der Waals surface area (Å²) in [6, 6.07) is 5.15. The van der Waals surface area contributed by atoms with E-state index in [9.17, 15) is 19.8 Å². The Kier molecular flexibility index (Phi) is 5.94. The molecule has 1 aliphatic heterocycles. The van der Waals surface area contributed by atoms with Crippen LogP contribution in [0.25, 0.3) is 11.3 Å². The van der Waals surface area contributed by atoms with Gasteiger partial charge in [-0.25, -0.2) is 4.79 Å². The highest BCUT2D eigenvalue weighted by atomic mass is 16.5. The molecule has 30 heavy (non-hydrogen) atoms. The molecule has 1 aliphatic rings. The van der Waals surface area contributed by atoms with E-state index in [0.717, 1.165) is 11.1 Å². The second-order valence-electron chi connectivity index (χ2n) is 8.94. The van der Waals surface area contributed by atoms with Crippen LogP contribution in [0.3, 0.4) is 0 Å². The van der Waals surface area contributed by atoms with Gasteiger partial charge in [-0.15, -0.1) is 0 Å². The van der Waals surface area contributed by atoms with Gasteiger partial charge in [0.15, 0.2) is 16.9 Å². The molecular formula is C23H29NO6. The molecular weight excluding hydrogens is 386 g/mol. The molecule has 1 atom stereocenters. The molecule has 0 saturated carbocycles. The van der Waals surface area contributed by atoms with Gasteiger partial charge in [0.25, 0.3) is 0 Å². The van der Waals surface area contributed by atoms with Gasteiger partial charge in [-0.3, -0.25) is 4.79 Å². The zero-order chi connectivity index (χ0) is 22.2. The van der Waals surface area contributed by atoms with Crippen LogP contribution in [-0.2, 0) is 6.42 Å². The summed E-state index contributed by atoms with van der Waals surface area (Å²) in [5, 5.41) is 18.9. The summed E-state index contributed by atoms with van der Waals surface area (Å²) < 4.78 is 13.4. The highest BCUT2D eigenvalue weighted by Gasteiger charge is 2.29. The molecule has 1 aromatic carbocycles. The average molecular weight is 415 g/mol. The Morgan fingerprint density at radius 1 is 1.27 bits per heavy atom. The summed E-state index contributed by atoms with van der Waals surface area (Å²) in [6.45, 7) is 8.29. The number of fused-ring (bicyclic) bond motifs is 3. The number of benzene rings is 1. The van der Waals surface area contributed by atoms with Crippen LogP contribution < -0.4 is 14.9 Å². The van der Waals surface area contributed by atoms with Crippen molar-refractivity contribution in [3.63, 3.8) is 0 Å². The number of nitrogens with zero attached hydrogens (tertiary/aromatic N) is 1. The summed E-state index contributed by atoms with van der Waals surface area (Å²) >= 11 is 0. The molecule has 2 N–H and O–H groups in total. The summed E-state index contributed by atoms with van der Waals surface area (Å²) in [7, 11) is 1.55. The third kappa shape index (κ3) is 4.07. The minimum Gasteiger partial charge on any atom is -0.493 e. The number of ether oxygens (including phenoxy) is 2. The fourth-order valence-corrected chi connectivity index (χ4v) is 3.68. The molecule has 2 heterocycles. The molecule has 0 fully saturated rings. The number of carbonyl (C=O) groups is 1. The molecule has 0 spiro atoms. The number of pyridine rings is 1. The number of carboxylic acids is 1. The quantitative estimate of drug-likeness (QED) is 0.720. The fourth-order valence-electron chi connectivity index (χ4n) is 3.68. The minimum atomic E-state index is -1.23. The Morgan fingerprint density at radius 2 is 1.97 bits per heavy atom. The monoisotopic (exact) mass is 415 g/mol. The molecule has 7 nitrogen and oxygen atoms in total.